The zero-order chi connectivity index (χ0) is 16.3. The first-order valence-electron chi connectivity index (χ1n) is 6.15. The second-order valence-electron chi connectivity index (χ2n) is 4.58. The lowest BCUT2D eigenvalue weighted by Crippen LogP contribution is -2.27. The third-order valence-corrected chi connectivity index (χ3v) is 3.46. The Labute approximate surface area is 138 Å². The molecule has 0 spiro atoms. The maximum atomic E-state index is 12.8. The van der Waals surface area contributed by atoms with Crippen LogP contribution in [0.5, 0.6) is 0 Å². The van der Waals surface area contributed by atoms with Gasteiger partial charge in [0.1, 0.15) is 0 Å². The van der Waals surface area contributed by atoms with Crippen LogP contribution < -0.4 is 0 Å². The summed E-state index contributed by atoms with van der Waals surface area (Å²) in [5.74, 6) is -0.505. The molecule has 116 valence electrons. The summed E-state index contributed by atoms with van der Waals surface area (Å²) >= 11 is 1.76. The highest BCUT2D eigenvalue weighted by molar-refractivity contribution is 14.1. The van der Waals surface area contributed by atoms with Crippen molar-refractivity contribution in [3.05, 3.63) is 57.2 Å². The van der Waals surface area contributed by atoms with E-state index in [9.17, 15) is 18.0 Å². The largest absolute Gasteiger partial charge is 0.416 e. The second kappa shape index (κ2) is 6.59. The molecule has 0 saturated heterocycles. The van der Waals surface area contributed by atoms with Crippen LogP contribution in [0.1, 0.15) is 21.6 Å². The van der Waals surface area contributed by atoms with Crippen molar-refractivity contribution >= 4 is 28.5 Å². The molecule has 8 heteroatoms. The number of rotatable bonds is 3. The van der Waals surface area contributed by atoms with Crippen molar-refractivity contribution in [2.75, 3.05) is 7.05 Å². The summed E-state index contributed by atoms with van der Waals surface area (Å²) in [6, 6.07) is 3.28. The third kappa shape index (κ3) is 4.15. The number of hydrogen-bond acceptors (Lipinski definition) is 3. The lowest BCUT2D eigenvalue weighted by Gasteiger charge is -2.17. The smallest absolute Gasteiger partial charge is 0.336 e. The number of carbonyl (C=O) groups excluding carboxylic acids is 1. The molecule has 4 nitrogen and oxygen atoms in total. The van der Waals surface area contributed by atoms with E-state index >= 15 is 0 Å². The van der Waals surface area contributed by atoms with Crippen LogP contribution >= 0.6 is 22.6 Å². The Kier molecular flexibility index (Phi) is 4.99. The predicted octanol–water partition coefficient (Wildman–Crippen LogP) is 3.37. The van der Waals surface area contributed by atoms with E-state index < -0.39 is 17.6 Å². The normalized spacial score (nSPS) is 11.3. The quantitative estimate of drug-likeness (QED) is 0.715. The molecule has 0 atom stereocenters. The molecule has 0 aliphatic carbocycles. The topological polar surface area (TPSA) is 46.1 Å². The molecule has 22 heavy (non-hydrogen) atoms. The highest BCUT2D eigenvalue weighted by Crippen LogP contribution is 2.31. The minimum absolute atomic E-state index is 0.00869. The zero-order valence-corrected chi connectivity index (χ0v) is 13.6. The first-order chi connectivity index (χ1) is 10.3. The molecule has 0 aliphatic rings. The molecule has 1 aromatic carbocycles. The maximum absolute atomic E-state index is 12.8. The van der Waals surface area contributed by atoms with E-state index in [2.05, 4.69) is 9.97 Å². The first kappa shape index (κ1) is 16.7. The summed E-state index contributed by atoms with van der Waals surface area (Å²) in [7, 11) is 1.50. The van der Waals surface area contributed by atoms with E-state index in [4.69, 9.17) is 0 Å². The van der Waals surface area contributed by atoms with Crippen LogP contribution in [-0.2, 0) is 12.7 Å². The van der Waals surface area contributed by atoms with Gasteiger partial charge in [0.15, 0.2) is 0 Å². The molecule has 1 heterocycles. The highest BCUT2D eigenvalue weighted by Gasteiger charge is 2.32. The molecule has 2 rings (SSSR count). The molecule has 0 unspecified atom stereocenters. The van der Waals surface area contributed by atoms with Crippen molar-refractivity contribution in [2.45, 2.75) is 12.7 Å². The summed E-state index contributed by atoms with van der Waals surface area (Å²) in [5, 5.41) is 0. The van der Waals surface area contributed by atoms with Crippen molar-refractivity contribution in [1.29, 1.82) is 0 Å². The number of halogens is 4. The number of hydrogen-bond donors (Lipinski definition) is 0. The fourth-order valence-electron chi connectivity index (χ4n) is 1.82. The van der Waals surface area contributed by atoms with Gasteiger partial charge in [-0.25, -0.2) is 0 Å². The van der Waals surface area contributed by atoms with Gasteiger partial charge in [-0.1, -0.05) is 0 Å². The number of carbonyl (C=O) groups is 1. The van der Waals surface area contributed by atoms with Gasteiger partial charge in [0.25, 0.3) is 5.91 Å². The summed E-state index contributed by atoms with van der Waals surface area (Å²) in [4.78, 5) is 21.5. The van der Waals surface area contributed by atoms with Crippen LogP contribution in [0, 0.1) is 3.57 Å². The molecule has 0 bridgehead atoms. The van der Waals surface area contributed by atoms with Crippen LogP contribution in [0.2, 0.25) is 0 Å². The fourth-order valence-corrected chi connectivity index (χ4v) is 2.49. The van der Waals surface area contributed by atoms with Crippen LogP contribution in [0.3, 0.4) is 0 Å². The van der Waals surface area contributed by atoms with Crippen molar-refractivity contribution in [2.24, 2.45) is 0 Å². The van der Waals surface area contributed by atoms with Gasteiger partial charge in [0, 0.05) is 28.6 Å². The summed E-state index contributed by atoms with van der Waals surface area (Å²) in [6.45, 7) is 0.166. The number of amides is 1. The Morgan fingerprint density at radius 1 is 1.27 bits per heavy atom. The van der Waals surface area contributed by atoms with Gasteiger partial charge in [-0.2, -0.15) is 13.2 Å². The molecule has 1 aromatic heterocycles. The summed E-state index contributed by atoms with van der Waals surface area (Å²) in [5.41, 5.74) is -0.290. The standard InChI is InChI=1S/C14H11F3IN3O/c1-21(8-12-7-19-2-3-20-12)13(22)9-4-10(14(15,16)17)6-11(18)5-9/h2-7H,8H2,1H3. The molecule has 0 N–H and O–H groups in total. The Balaban J connectivity index is 2.24. The third-order valence-electron chi connectivity index (χ3n) is 2.83. The Morgan fingerprint density at radius 2 is 2.00 bits per heavy atom. The Bertz CT molecular complexity index is 677. The van der Waals surface area contributed by atoms with Gasteiger partial charge in [0.05, 0.1) is 24.0 Å². The van der Waals surface area contributed by atoms with Crippen molar-refractivity contribution in [3.8, 4) is 0 Å². The minimum atomic E-state index is -4.49. The Hall–Kier alpha value is -1.71. The fraction of sp³-hybridized carbons (Fsp3) is 0.214. The second-order valence-corrected chi connectivity index (χ2v) is 5.83. The van der Waals surface area contributed by atoms with Gasteiger partial charge < -0.3 is 4.90 Å². The molecule has 1 amide bonds. The lowest BCUT2D eigenvalue weighted by molar-refractivity contribution is -0.137. The number of benzene rings is 1. The predicted molar refractivity (Wildman–Crippen MR) is 82.0 cm³/mol. The summed E-state index contributed by atoms with van der Waals surface area (Å²) < 4.78 is 38.8. The van der Waals surface area contributed by atoms with Crippen LogP contribution in [0.15, 0.2) is 36.8 Å². The SMILES string of the molecule is CN(Cc1cnccn1)C(=O)c1cc(I)cc(C(F)(F)F)c1. The van der Waals surface area contributed by atoms with E-state index in [0.29, 0.717) is 9.26 Å². The molecule has 0 radical (unpaired) electrons. The van der Waals surface area contributed by atoms with E-state index in [1.54, 1.807) is 22.6 Å². The zero-order valence-electron chi connectivity index (χ0n) is 11.4. The van der Waals surface area contributed by atoms with E-state index in [1.165, 1.54) is 36.6 Å². The van der Waals surface area contributed by atoms with Crippen LogP contribution in [0.25, 0.3) is 0 Å². The highest BCUT2D eigenvalue weighted by atomic mass is 127. The number of alkyl halides is 3. The van der Waals surface area contributed by atoms with Crippen LogP contribution in [0.4, 0.5) is 13.2 Å². The van der Waals surface area contributed by atoms with Gasteiger partial charge in [-0.15, -0.1) is 0 Å². The van der Waals surface area contributed by atoms with Crippen molar-refractivity contribution < 1.29 is 18.0 Å². The minimum Gasteiger partial charge on any atom is -0.336 e. The van der Waals surface area contributed by atoms with E-state index in [-0.39, 0.29) is 12.1 Å². The Morgan fingerprint density at radius 3 is 2.59 bits per heavy atom. The van der Waals surface area contributed by atoms with Gasteiger partial charge >= 0.3 is 6.18 Å². The monoisotopic (exact) mass is 421 g/mol. The molecule has 0 saturated carbocycles. The maximum Gasteiger partial charge on any atom is 0.416 e. The van der Waals surface area contributed by atoms with Gasteiger partial charge in [-0.05, 0) is 40.8 Å². The first-order valence-corrected chi connectivity index (χ1v) is 7.23. The number of nitrogens with zero attached hydrogens (tertiary/aromatic N) is 3. The van der Waals surface area contributed by atoms with Crippen molar-refractivity contribution in [3.63, 3.8) is 0 Å². The van der Waals surface area contributed by atoms with E-state index in [0.717, 1.165) is 12.1 Å². The number of aromatic nitrogens is 2. The van der Waals surface area contributed by atoms with Gasteiger partial charge in [0.2, 0.25) is 0 Å². The lowest BCUT2D eigenvalue weighted by atomic mass is 10.1. The average Bonchev–Trinajstić information content (AvgIpc) is 2.46. The average molecular weight is 421 g/mol. The molecule has 0 aliphatic heterocycles. The van der Waals surface area contributed by atoms with Gasteiger partial charge in [-0.3, -0.25) is 14.8 Å². The molecular formula is C14H11F3IN3O. The van der Waals surface area contributed by atoms with E-state index in [1.807, 2.05) is 0 Å². The molecule has 0 fully saturated rings. The molecular weight excluding hydrogens is 410 g/mol. The molecule has 2 aromatic rings. The van der Waals surface area contributed by atoms with Crippen LogP contribution in [-0.4, -0.2) is 27.8 Å². The summed E-state index contributed by atoms with van der Waals surface area (Å²) in [6.07, 6.45) is 0.000705. The van der Waals surface area contributed by atoms with Crippen molar-refractivity contribution in [1.82, 2.24) is 14.9 Å².